The summed E-state index contributed by atoms with van der Waals surface area (Å²) in [5.74, 6) is 1.22. The molecule has 1 N–H and O–H groups in total. The van der Waals surface area contributed by atoms with Crippen molar-refractivity contribution in [3.05, 3.63) is 29.8 Å². The van der Waals surface area contributed by atoms with Crippen LogP contribution in [0, 0.1) is 5.92 Å². The number of carbonyl (C=O) groups excluding carboxylic acids is 2. The molecule has 1 aliphatic carbocycles. The minimum atomic E-state index is -0.107. The highest BCUT2D eigenvalue weighted by atomic mass is 16.5. The Kier molecular flexibility index (Phi) is 7.75. The first-order chi connectivity index (χ1) is 14.3. The lowest BCUT2D eigenvalue weighted by atomic mass is 9.87. The summed E-state index contributed by atoms with van der Waals surface area (Å²) in [6.45, 7) is 11.3. The second-order valence-electron chi connectivity index (χ2n) is 9.56. The summed E-state index contributed by atoms with van der Waals surface area (Å²) in [5, 5.41) is 2.93. The lowest BCUT2D eigenvalue weighted by Crippen LogP contribution is -2.51. The van der Waals surface area contributed by atoms with Crippen molar-refractivity contribution in [1.29, 1.82) is 0 Å². The topological polar surface area (TPSA) is 61.9 Å². The first-order valence-electron chi connectivity index (χ1n) is 11.3. The van der Waals surface area contributed by atoms with Gasteiger partial charge in [-0.15, -0.1) is 0 Å². The van der Waals surface area contributed by atoms with Crippen molar-refractivity contribution in [2.45, 2.75) is 51.9 Å². The van der Waals surface area contributed by atoms with Crippen molar-refractivity contribution in [2.75, 3.05) is 45.9 Å². The van der Waals surface area contributed by atoms with Crippen molar-refractivity contribution in [3.8, 4) is 5.75 Å². The van der Waals surface area contributed by atoms with Gasteiger partial charge in [-0.2, -0.15) is 0 Å². The fourth-order valence-corrected chi connectivity index (χ4v) is 4.23. The number of piperazine rings is 1. The van der Waals surface area contributed by atoms with Crippen molar-refractivity contribution in [3.63, 3.8) is 0 Å². The maximum Gasteiger partial charge on any atom is 0.257 e. The molecule has 0 aromatic heterocycles. The monoisotopic (exact) mass is 415 g/mol. The van der Waals surface area contributed by atoms with Crippen LogP contribution < -0.4 is 10.1 Å². The Labute approximate surface area is 180 Å². The van der Waals surface area contributed by atoms with E-state index in [0.717, 1.165) is 45.6 Å². The summed E-state index contributed by atoms with van der Waals surface area (Å²) in [4.78, 5) is 28.9. The molecule has 6 nitrogen and oxygen atoms in total. The molecule has 1 aromatic rings. The first kappa shape index (κ1) is 22.6. The van der Waals surface area contributed by atoms with Crippen LogP contribution in [0.1, 0.15) is 52.0 Å². The Hall–Kier alpha value is -2.08. The molecular weight excluding hydrogens is 378 g/mol. The molecule has 3 rings (SSSR count). The molecule has 166 valence electrons. The van der Waals surface area contributed by atoms with Crippen LogP contribution in [0.5, 0.6) is 5.75 Å². The summed E-state index contributed by atoms with van der Waals surface area (Å²) in [6, 6.07) is 7.93. The van der Waals surface area contributed by atoms with Crippen LogP contribution in [0.25, 0.3) is 0 Å². The van der Waals surface area contributed by atoms with E-state index in [1.54, 1.807) is 0 Å². The van der Waals surface area contributed by atoms with E-state index in [1.165, 1.54) is 18.4 Å². The van der Waals surface area contributed by atoms with Crippen LogP contribution in [-0.2, 0) is 15.0 Å². The first-order valence-corrected chi connectivity index (χ1v) is 11.3. The molecule has 1 aromatic carbocycles. The van der Waals surface area contributed by atoms with Crippen LogP contribution in [0.4, 0.5) is 0 Å². The van der Waals surface area contributed by atoms with E-state index < -0.39 is 0 Å². The van der Waals surface area contributed by atoms with Gasteiger partial charge in [0.25, 0.3) is 5.91 Å². The van der Waals surface area contributed by atoms with Crippen molar-refractivity contribution < 1.29 is 14.3 Å². The Balaban J connectivity index is 1.29. The molecule has 0 radical (unpaired) electrons. The Morgan fingerprint density at radius 2 is 1.67 bits per heavy atom. The normalized spacial score (nSPS) is 18.4. The maximum atomic E-state index is 12.5. The van der Waals surface area contributed by atoms with Gasteiger partial charge in [0.05, 0.1) is 0 Å². The third kappa shape index (κ3) is 6.46. The fraction of sp³-hybridized carbons (Fsp3) is 0.667. The standard InChI is InChI=1S/C24H37N3O3/c1-24(2,3)20-8-10-21(11-9-20)30-18-22(28)25-12-13-26-14-16-27(17-15-26)23(29)19-6-4-5-7-19/h8-11,19H,4-7,12-18H2,1-3H3,(H,25,28). The molecule has 0 unspecified atom stereocenters. The van der Waals surface area contributed by atoms with Gasteiger partial charge in [-0.1, -0.05) is 45.7 Å². The summed E-state index contributed by atoms with van der Waals surface area (Å²) in [7, 11) is 0. The van der Waals surface area contributed by atoms with E-state index in [-0.39, 0.29) is 23.8 Å². The largest absolute Gasteiger partial charge is 0.484 e. The van der Waals surface area contributed by atoms with Gasteiger partial charge in [-0.05, 0) is 36.0 Å². The molecule has 30 heavy (non-hydrogen) atoms. The fourth-order valence-electron chi connectivity index (χ4n) is 4.23. The van der Waals surface area contributed by atoms with Crippen molar-refractivity contribution in [1.82, 2.24) is 15.1 Å². The molecule has 2 fully saturated rings. The Bertz CT molecular complexity index is 697. The van der Waals surface area contributed by atoms with Crippen LogP contribution in [0.2, 0.25) is 0 Å². The number of rotatable bonds is 7. The SMILES string of the molecule is CC(C)(C)c1ccc(OCC(=O)NCCN2CCN(C(=O)C3CCCC3)CC2)cc1. The quantitative estimate of drug-likeness (QED) is 0.744. The van der Waals surface area contributed by atoms with E-state index in [0.29, 0.717) is 18.2 Å². The molecule has 1 saturated heterocycles. The molecule has 1 aliphatic heterocycles. The number of carbonyl (C=O) groups is 2. The number of hydrogen-bond acceptors (Lipinski definition) is 4. The third-order valence-electron chi connectivity index (χ3n) is 6.23. The molecule has 0 atom stereocenters. The number of nitrogens with zero attached hydrogens (tertiary/aromatic N) is 2. The van der Waals surface area contributed by atoms with Gasteiger partial charge in [0.1, 0.15) is 5.75 Å². The van der Waals surface area contributed by atoms with Gasteiger partial charge in [-0.3, -0.25) is 14.5 Å². The van der Waals surface area contributed by atoms with Crippen molar-refractivity contribution in [2.24, 2.45) is 5.92 Å². The number of ether oxygens (including phenoxy) is 1. The van der Waals surface area contributed by atoms with Crippen LogP contribution in [-0.4, -0.2) is 67.5 Å². The number of amides is 2. The summed E-state index contributed by atoms with van der Waals surface area (Å²) < 4.78 is 5.60. The predicted octanol–water partition coefficient (Wildman–Crippen LogP) is 2.81. The Morgan fingerprint density at radius 1 is 1.03 bits per heavy atom. The smallest absolute Gasteiger partial charge is 0.257 e. The average molecular weight is 416 g/mol. The molecule has 0 bridgehead atoms. The molecule has 2 aliphatic rings. The number of hydrogen-bond donors (Lipinski definition) is 1. The van der Waals surface area contributed by atoms with E-state index in [4.69, 9.17) is 4.74 Å². The number of nitrogens with one attached hydrogen (secondary N) is 1. The van der Waals surface area contributed by atoms with Crippen LogP contribution >= 0.6 is 0 Å². The van der Waals surface area contributed by atoms with Crippen LogP contribution in [0.15, 0.2) is 24.3 Å². The maximum absolute atomic E-state index is 12.5. The van der Waals surface area contributed by atoms with Crippen molar-refractivity contribution >= 4 is 11.8 Å². The zero-order valence-corrected chi connectivity index (χ0v) is 18.8. The summed E-state index contributed by atoms with van der Waals surface area (Å²) in [6.07, 6.45) is 4.52. The van der Waals surface area contributed by atoms with E-state index in [2.05, 4.69) is 31.0 Å². The zero-order valence-electron chi connectivity index (χ0n) is 18.8. The third-order valence-corrected chi connectivity index (χ3v) is 6.23. The minimum Gasteiger partial charge on any atom is -0.484 e. The predicted molar refractivity (Wildman–Crippen MR) is 119 cm³/mol. The molecular formula is C24H37N3O3. The van der Waals surface area contributed by atoms with Crippen LogP contribution in [0.3, 0.4) is 0 Å². The summed E-state index contributed by atoms with van der Waals surface area (Å²) >= 11 is 0. The second kappa shape index (κ2) is 10.3. The Morgan fingerprint density at radius 3 is 2.27 bits per heavy atom. The molecule has 0 spiro atoms. The highest BCUT2D eigenvalue weighted by Crippen LogP contribution is 2.27. The number of benzene rings is 1. The molecule has 1 saturated carbocycles. The molecule has 1 heterocycles. The van der Waals surface area contributed by atoms with Gasteiger partial charge in [0.15, 0.2) is 6.61 Å². The van der Waals surface area contributed by atoms with Gasteiger partial charge < -0.3 is 15.0 Å². The summed E-state index contributed by atoms with van der Waals surface area (Å²) in [5.41, 5.74) is 1.34. The van der Waals surface area contributed by atoms with Gasteiger partial charge in [-0.25, -0.2) is 0 Å². The van der Waals surface area contributed by atoms with Gasteiger partial charge in [0.2, 0.25) is 5.91 Å². The van der Waals surface area contributed by atoms with E-state index >= 15 is 0 Å². The van der Waals surface area contributed by atoms with Gasteiger partial charge in [0, 0.05) is 45.2 Å². The minimum absolute atomic E-state index is 0.0263. The van der Waals surface area contributed by atoms with E-state index in [1.807, 2.05) is 29.2 Å². The lowest BCUT2D eigenvalue weighted by Gasteiger charge is -2.36. The average Bonchev–Trinajstić information content (AvgIpc) is 3.27. The highest BCUT2D eigenvalue weighted by molar-refractivity contribution is 5.79. The second-order valence-corrected chi connectivity index (χ2v) is 9.56. The molecule has 6 heteroatoms. The molecule has 2 amide bonds. The zero-order chi connectivity index (χ0) is 21.6. The lowest BCUT2D eigenvalue weighted by molar-refractivity contribution is -0.137. The van der Waals surface area contributed by atoms with Gasteiger partial charge >= 0.3 is 0 Å². The van der Waals surface area contributed by atoms with E-state index in [9.17, 15) is 9.59 Å². The highest BCUT2D eigenvalue weighted by Gasteiger charge is 2.29.